The lowest BCUT2D eigenvalue weighted by Gasteiger charge is -2.17. The summed E-state index contributed by atoms with van der Waals surface area (Å²) in [5.41, 5.74) is 0.307. The number of halogens is 1. The summed E-state index contributed by atoms with van der Waals surface area (Å²) in [5, 5.41) is 0.425. The molecule has 0 aliphatic heterocycles. The summed E-state index contributed by atoms with van der Waals surface area (Å²) >= 11 is 5.86. The third-order valence-corrected chi connectivity index (χ3v) is 2.65. The monoisotopic (exact) mass is 285 g/mol. The van der Waals surface area contributed by atoms with Gasteiger partial charge in [-0.05, 0) is 25.1 Å². The van der Waals surface area contributed by atoms with Crippen LogP contribution in [-0.4, -0.2) is 44.1 Å². The Morgan fingerprint density at radius 3 is 2.63 bits per heavy atom. The maximum Gasteiger partial charge on any atom is 0.325 e. The SMILES string of the molecule is CCOC(=O)CN(C)C(=O)c1cc(Cl)ccc1OC. The standard InChI is InChI=1S/C13H16ClNO4/c1-4-19-12(16)8-15(2)13(17)10-7-9(14)5-6-11(10)18-3/h5-7H,4,8H2,1-3H3. The Balaban J connectivity index is 2.87. The van der Waals surface area contributed by atoms with E-state index in [-0.39, 0.29) is 19.1 Å². The lowest BCUT2D eigenvalue weighted by molar-refractivity contribution is -0.143. The van der Waals surface area contributed by atoms with Gasteiger partial charge in [-0.1, -0.05) is 11.6 Å². The van der Waals surface area contributed by atoms with Crippen molar-refractivity contribution < 1.29 is 19.1 Å². The third kappa shape index (κ3) is 4.13. The Morgan fingerprint density at radius 1 is 1.37 bits per heavy atom. The Morgan fingerprint density at radius 2 is 2.05 bits per heavy atom. The molecule has 0 N–H and O–H groups in total. The molecule has 0 aliphatic carbocycles. The summed E-state index contributed by atoms with van der Waals surface area (Å²) < 4.78 is 9.89. The van der Waals surface area contributed by atoms with Crippen LogP contribution in [-0.2, 0) is 9.53 Å². The molecule has 0 spiro atoms. The molecule has 1 aromatic carbocycles. The second-order valence-electron chi connectivity index (χ2n) is 3.81. The van der Waals surface area contributed by atoms with E-state index in [9.17, 15) is 9.59 Å². The van der Waals surface area contributed by atoms with Gasteiger partial charge in [0.1, 0.15) is 12.3 Å². The molecule has 0 aliphatic rings. The first-order chi connectivity index (χ1) is 8.99. The van der Waals surface area contributed by atoms with E-state index < -0.39 is 5.97 Å². The summed E-state index contributed by atoms with van der Waals surface area (Å²) in [5.74, 6) is -0.406. The van der Waals surface area contributed by atoms with E-state index in [0.29, 0.717) is 16.3 Å². The number of hydrogen-bond acceptors (Lipinski definition) is 4. The molecule has 5 nitrogen and oxygen atoms in total. The number of methoxy groups -OCH3 is 1. The molecular formula is C13H16ClNO4. The number of hydrogen-bond donors (Lipinski definition) is 0. The second kappa shape index (κ2) is 6.99. The van der Waals surface area contributed by atoms with Crippen LogP contribution < -0.4 is 4.74 Å². The highest BCUT2D eigenvalue weighted by molar-refractivity contribution is 6.31. The fraction of sp³-hybridized carbons (Fsp3) is 0.385. The highest BCUT2D eigenvalue weighted by Gasteiger charge is 2.19. The van der Waals surface area contributed by atoms with Crippen LogP contribution in [0.5, 0.6) is 5.75 Å². The highest BCUT2D eigenvalue weighted by Crippen LogP contribution is 2.23. The van der Waals surface area contributed by atoms with Crippen molar-refractivity contribution in [1.29, 1.82) is 0 Å². The summed E-state index contributed by atoms with van der Waals surface area (Å²) in [6.07, 6.45) is 0. The predicted octanol–water partition coefficient (Wildman–Crippen LogP) is 1.98. The number of amides is 1. The molecule has 1 aromatic rings. The van der Waals surface area contributed by atoms with Crippen LogP contribution in [0, 0.1) is 0 Å². The summed E-state index contributed by atoms with van der Waals surface area (Å²) in [4.78, 5) is 24.8. The Bertz CT molecular complexity index is 476. The lowest BCUT2D eigenvalue weighted by Crippen LogP contribution is -2.33. The maximum atomic E-state index is 12.2. The van der Waals surface area contributed by atoms with E-state index in [4.69, 9.17) is 21.1 Å². The van der Waals surface area contributed by atoms with Crippen molar-refractivity contribution in [3.63, 3.8) is 0 Å². The van der Waals surface area contributed by atoms with E-state index in [1.807, 2.05) is 0 Å². The second-order valence-corrected chi connectivity index (χ2v) is 4.25. The van der Waals surface area contributed by atoms with Gasteiger partial charge in [-0.15, -0.1) is 0 Å². The minimum atomic E-state index is -0.459. The Hall–Kier alpha value is -1.75. The van der Waals surface area contributed by atoms with E-state index in [0.717, 1.165) is 0 Å². The van der Waals surface area contributed by atoms with E-state index in [1.54, 1.807) is 19.1 Å². The summed E-state index contributed by atoms with van der Waals surface area (Å²) in [7, 11) is 2.98. The number of carbonyl (C=O) groups excluding carboxylic acids is 2. The molecule has 0 aromatic heterocycles. The van der Waals surface area contributed by atoms with Crippen molar-refractivity contribution in [3.05, 3.63) is 28.8 Å². The molecule has 0 unspecified atom stereocenters. The molecule has 0 atom stereocenters. The molecule has 1 amide bonds. The van der Waals surface area contributed by atoms with E-state index in [2.05, 4.69) is 0 Å². The number of rotatable bonds is 5. The Kier molecular flexibility index (Phi) is 5.63. The van der Waals surface area contributed by atoms with Crippen LogP contribution in [0.25, 0.3) is 0 Å². The van der Waals surface area contributed by atoms with Crippen molar-refractivity contribution in [2.75, 3.05) is 27.3 Å². The summed E-state index contributed by atoms with van der Waals surface area (Å²) in [6, 6.07) is 4.74. The normalized spacial score (nSPS) is 9.89. The van der Waals surface area contributed by atoms with Gasteiger partial charge in [0.25, 0.3) is 5.91 Å². The van der Waals surface area contributed by atoms with Crippen LogP contribution >= 0.6 is 11.6 Å². The van der Waals surface area contributed by atoms with Crippen molar-refractivity contribution >= 4 is 23.5 Å². The van der Waals surface area contributed by atoms with Gasteiger partial charge in [0.2, 0.25) is 0 Å². The summed E-state index contributed by atoms with van der Waals surface area (Å²) in [6.45, 7) is 1.86. The topological polar surface area (TPSA) is 55.8 Å². The van der Waals surface area contributed by atoms with Gasteiger partial charge >= 0.3 is 5.97 Å². The Labute approximate surface area is 117 Å². The van der Waals surface area contributed by atoms with Crippen LogP contribution in [0.2, 0.25) is 5.02 Å². The number of benzene rings is 1. The van der Waals surface area contributed by atoms with Crippen molar-refractivity contribution in [2.45, 2.75) is 6.92 Å². The molecule has 0 fully saturated rings. The third-order valence-electron chi connectivity index (χ3n) is 2.41. The van der Waals surface area contributed by atoms with E-state index >= 15 is 0 Å². The van der Waals surface area contributed by atoms with Crippen molar-refractivity contribution in [2.24, 2.45) is 0 Å². The van der Waals surface area contributed by atoms with Crippen LogP contribution in [0.1, 0.15) is 17.3 Å². The largest absolute Gasteiger partial charge is 0.496 e. The zero-order valence-corrected chi connectivity index (χ0v) is 11.9. The number of nitrogens with zero attached hydrogens (tertiary/aromatic N) is 1. The predicted molar refractivity (Wildman–Crippen MR) is 71.6 cm³/mol. The average Bonchev–Trinajstić information content (AvgIpc) is 2.37. The molecule has 0 radical (unpaired) electrons. The van der Waals surface area contributed by atoms with Crippen LogP contribution in [0.4, 0.5) is 0 Å². The number of esters is 1. The first kappa shape index (κ1) is 15.3. The van der Waals surface area contributed by atoms with Gasteiger partial charge in [-0.2, -0.15) is 0 Å². The first-order valence-electron chi connectivity index (χ1n) is 5.74. The molecule has 1 rings (SSSR count). The molecule has 0 saturated heterocycles. The number of carbonyl (C=O) groups is 2. The van der Waals surface area contributed by atoms with Crippen molar-refractivity contribution in [3.8, 4) is 5.75 Å². The smallest absolute Gasteiger partial charge is 0.325 e. The zero-order chi connectivity index (χ0) is 14.4. The molecule has 6 heteroatoms. The number of ether oxygens (including phenoxy) is 2. The molecule has 0 heterocycles. The van der Waals surface area contributed by atoms with Gasteiger partial charge in [0, 0.05) is 12.1 Å². The van der Waals surface area contributed by atoms with Gasteiger partial charge < -0.3 is 14.4 Å². The number of likely N-dealkylation sites (N-methyl/N-ethyl adjacent to an activating group) is 1. The van der Waals surface area contributed by atoms with Crippen molar-refractivity contribution in [1.82, 2.24) is 4.90 Å². The lowest BCUT2D eigenvalue weighted by atomic mass is 10.1. The molecular weight excluding hydrogens is 270 g/mol. The first-order valence-corrected chi connectivity index (χ1v) is 6.12. The van der Waals surface area contributed by atoms with Crippen LogP contribution in [0.15, 0.2) is 18.2 Å². The minimum Gasteiger partial charge on any atom is -0.496 e. The molecule has 104 valence electrons. The minimum absolute atomic E-state index is 0.123. The maximum absolute atomic E-state index is 12.2. The molecule has 0 saturated carbocycles. The fourth-order valence-corrected chi connectivity index (χ4v) is 1.70. The zero-order valence-electron chi connectivity index (χ0n) is 11.1. The van der Waals surface area contributed by atoms with Gasteiger partial charge in [-0.3, -0.25) is 9.59 Å². The average molecular weight is 286 g/mol. The highest BCUT2D eigenvalue weighted by atomic mass is 35.5. The molecule has 0 bridgehead atoms. The molecule has 19 heavy (non-hydrogen) atoms. The van der Waals surface area contributed by atoms with E-state index in [1.165, 1.54) is 25.1 Å². The fourth-order valence-electron chi connectivity index (χ4n) is 1.53. The van der Waals surface area contributed by atoms with Gasteiger partial charge in [0.05, 0.1) is 19.3 Å². The van der Waals surface area contributed by atoms with Gasteiger partial charge in [0.15, 0.2) is 0 Å². The van der Waals surface area contributed by atoms with Crippen LogP contribution in [0.3, 0.4) is 0 Å². The van der Waals surface area contributed by atoms with Gasteiger partial charge in [-0.25, -0.2) is 0 Å². The quantitative estimate of drug-likeness (QED) is 0.776.